The van der Waals surface area contributed by atoms with Gasteiger partial charge < -0.3 is 9.47 Å². The van der Waals surface area contributed by atoms with Gasteiger partial charge in [-0.3, -0.25) is 0 Å². The van der Waals surface area contributed by atoms with E-state index in [2.05, 4.69) is 78.0 Å². The SMILES string of the molecule is CC(C)=CCCC(C)=CCCC(C)=CCCC=C(C)CCC=C(C)CCC=C1C2OC1O2. The average molecular weight is 439 g/mol. The van der Waals surface area contributed by atoms with Crippen LogP contribution in [-0.4, -0.2) is 12.6 Å². The molecule has 0 unspecified atom stereocenters. The fraction of sp³-hybridized carbons (Fsp3) is 0.600. The van der Waals surface area contributed by atoms with E-state index >= 15 is 0 Å². The van der Waals surface area contributed by atoms with Crippen LogP contribution in [0.4, 0.5) is 0 Å². The molecule has 0 aromatic heterocycles. The minimum absolute atomic E-state index is 0.000598. The summed E-state index contributed by atoms with van der Waals surface area (Å²) in [5, 5.41) is 0. The van der Waals surface area contributed by atoms with Crippen molar-refractivity contribution in [3.63, 3.8) is 0 Å². The molecule has 0 atom stereocenters. The first kappa shape index (κ1) is 26.6. The highest BCUT2D eigenvalue weighted by Crippen LogP contribution is 2.42. The van der Waals surface area contributed by atoms with E-state index in [1.54, 1.807) is 0 Å². The van der Waals surface area contributed by atoms with Gasteiger partial charge in [0.15, 0.2) is 12.6 Å². The minimum Gasteiger partial charge on any atom is -0.315 e. The second kappa shape index (κ2) is 14.5. The normalized spacial score (nSPS) is 21.2. The summed E-state index contributed by atoms with van der Waals surface area (Å²) in [5.41, 5.74) is 8.82. The summed E-state index contributed by atoms with van der Waals surface area (Å²) in [5.74, 6) is 0. The Hall–Kier alpha value is -1.64. The Labute approximate surface area is 197 Å². The van der Waals surface area contributed by atoms with Crippen LogP contribution in [0.3, 0.4) is 0 Å². The number of rotatable bonds is 15. The van der Waals surface area contributed by atoms with E-state index in [0.717, 1.165) is 32.1 Å². The lowest BCUT2D eigenvalue weighted by molar-refractivity contribution is -0.430. The Balaban J connectivity index is 1.52. The molecule has 3 aliphatic rings. The van der Waals surface area contributed by atoms with Gasteiger partial charge >= 0.3 is 0 Å². The molecule has 0 saturated carbocycles. The highest BCUT2D eigenvalue weighted by Gasteiger charge is 2.51. The zero-order valence-corrected chi connectivity index (χ0v) is 21.5. The van der Waals surface area contributed by atoms with Gasteiger partial charge in [-0.2, -0.15) is 0 Å². The molecule has 0 spiro atoms. The van der Waals surface area contributed by atoms with Gasteiger partial charge in [-0.05, 0) is 106 Å². The van der Waals surface area contributed by atoms with Crippen LogP contribution >= 0.6 is 0 Å². The standard InChI is InChI=1S/C30H46O2/c1-23(2)13-9-16-26(5)19-10-17-24(3)14-7-8-15-25(4)18-11-20-27(6)21-12-22-28-29-31-30(28)32-29/h13-15,19-20,22,29-30H,7-12,16-18,21H2,1-6H3. The van der Waals surface area contributed by atoms with E-state index < -0.39 is 0 Å². The summed E-state index contributed by atoms with van der Waals surface area (Å²) in [7, 11) is 0. The van der Waals surface area contributed by atoms with Gasteiger partial charge in [-0.25, -0.2) is 0 Å². The Kier molecular flexibility index (Phi) is 12.1. The van der Waals surface area contributed by atoms with Crippen molar-refractivity contribution < 1.29 is 9.47 Å². The van der Waals surface area contributed by atoms with Crippen LogP contribution in [0, 0.1) is 0 Å². The van der Waals surface area contributed by atoms with Crippen molar-refractivity contribution in [3.8, 4) is 0 Å². The predicted molar refractivity (Wildman–Crippen MR) is 138 cm³/mol. The Morgan fingerprint density at radius 1 is 0.531 bits per heavy atom. The summed E-state index contributed by atoms with van der Waals surface area (Å²) in [4.78, 5) is 0. The second-order valence-corrected chi connectivity index (χ2v) is 9.86. The monoisotopic (exact) mass is 438 g/mol. The predicted octanol–water partition coefficient (Wildman–Crippen LogP) is 9.28. The Morgan fingerprint density at radius 3 is 1.28 bits per heavy atom. The van der Waals surface area contributed by atoms with Crippen LogP contribution < -0.4 is 0 Å². The molecular weight excluding hydrogens is 392 g/mol. The van der Waals surface area contributed by atoms with Gasteiger partial charge in [-0.15, -0.1) is 0 Å². The number of hydrogen-bond donors (Lipinski definition) is 0. The molecule has 0 N–H and O–H groups in total. The Bertz CT molecular complexity index is 753. The highest BCUT2D eigenvalue weighted by atomic mass is 16.9. The molecular formula is C30H46O2. The van der Waals surface area contributed by atoms with Gasteiger partial charge in [0, 0.05) is 5.57 Å². The molecule has 0 amide bonds. The minimum atomic E-state index is -0.000598. The van der Waals surface area contributed by atoms with Crippen molar-refractivity contribution in [2.45, 2.75) is 118 Å². The smallest absolute Gasteiger partial charge is 0.191 e. The topological polar surface area (TPSA) is 18.5 Å². The number of ether oxygens (including phenoxy) is 2. The quantitative estimate of drug-likeness (QED) is 0.187. The third-order valence-electron chi connectivity index (χ3n) is 6.26. The molecule has 3 fully saturated rings. The summed E-state index contributed by atoms with van der Waals surface area (Å²) in [6.45, 7) is 13.4. The average Bonchev–Trinajstić information content (AvgIpc) is 2.66. The molecule has 3 rings (SSSR count). The molecule has 32 heavy (non-hydrogen) atoms. The molecule has 0 aromatic rings. The van der Waals surface area contributed by atoms with Crippen LogP contribution in [0.1, 0.15) is 106 Å². The van der Waals surface area contributed by atoms with Crippen molar-refractivity contribution in [1.82, 2.24) is 0 Å². The van der Waals surface area contributed by atoms with Crippen molar-refractivity contribution in [2.75, 3.05) is 0 Å². The van der Waals surface area contributed by atoms with Crippen molar-refractivity contribution in [3.05, 3.63) is 69.9 Å². The fourth-order valence-electron chi connectivity index (χ4n) is 3.92. The molecule has 2 heteroatoms. The van der Waals surface area contributed by atoms with Crippen LogP contribution in [-0.2, 0) is 9.47 Å². The summed E-state index contributed by atoms with van der Waals surface area (Å²) >= 11 is 0. The molecule has 178 valence electrons. The second-order valence-electron chi connectivity index (χ2n) is 9.86. The number of unbranched alkanes of at least 4 members (excludes halogenated alkanes) is 1. The van der Waals surface area contributed by atoms with Crippen LogP contribution in [0.15, 0.2) is 69.9 Å². The lowest BCUT2D eigenvalue weighted by Gasteiger charge is -2.51. The molecule has 0 aromatic carbocycles. The van der Waals surface area contributed by atoms with E-state index in [9.17, 15) is 0 Å². The maximum absolute atomic E-state index is 5.27. The molecule has 2 nitrogen and oxygen atoms in total. The molecule has 0 aliphatic carbocycles. The lowest BCUT2D eigenvalue weighted by Crippen LogP contribution is -2.58. The summed E-state index contributed by atoms with van der Waals surface area (Å²) in [6, 6.07) is 0. The fourth-order valence-corrected chi connectivity index (χ4v) is 3.92. The molecule has 0 radical (unpaired) electrons. The van der Waals surface area contributed by atoms with Gasteiger partial charge in [0.25, 0.3) is 0 Å². The molecule has 3 saturated heterocycles. The van der Waals surface area contributed by atoms with E-state index in [0.29, 0.717) is 0 Å². The summed E-state index contributed by atoms with van der Waals surface area (Å²) < 4.78 is 10.5. The van der Waals surface area contributed by atoms with Crippen molar-refractivity contribution in [1.29, 1.82) is 0 Å². The first-order valence-electron chi connectivity index (χ1n) is 12.6. The molecule has 3 heterocycles. The van der Waals surface area contributed by atoms with Crippen LogP contribution in [0.5, 0.6) is 0 Å². The summed E-state index contributed by atoms with van der Waals surface area (Å²) in [6.07, 6.45) is 25.9. The third kappa shape index (κ3) is 10.3. The van der Waals surface area contributed by atoms with Gasteiger partial charge in [0.1, 0.15) is 0 Å². The van der Waals surface area contributed by atoms with Crippen LogP contribution in [0.25, 0.3) is 0 Å². The maximum Gasteiger partial charge on any atom is 0.191 e. The van der Waals surface area contributed by atoms with E-state index in [-0.39, 0.29) is 12.6 Å². The zero-order valence-electron chi connectivity index (χ0n) is 21.5. The maximum atomic E-state index is 5.27. The van der Waals surface area contributed by atoms with E-state index in [1.807, 2.05) is 0 Å². The molecule has 3 aliphatic heterocycles. The van der Waals surface area contributed by atoms with E-state index in [4.69, 9.17) is 9.47 Å². The largest absolute Gasteiger partial charge is 0.315 e. The number of hydrogen-bond acceptors (Lipinski definition) is 2. The highest BCUT2D eigenvalue weighted by molar-refractivity contribution is 5.23. The lowest BCUT2D eigenvalue weighted by atomic mass is 10.0. The van der Waals surface area contributed by atoms with Crippen molar-refractivity contribution >= 4 is 0 Å². The Morgan fingerprint density at radius 2 is 0.906 bits per heavy atom. The van der Waals surface area contributed by atoms with Crippen LogP contribution in [0.2, 0.25) is 0 Å². The zero-order chi connectivity index (χ0) is 23.3. The van der Waals surface area contributed by atoms with Gasteiger partial charge in [-0.1, -0.05) is 64.3 Å². The van der Waals surface area contributed by atoms with Gasteiger partial charge in [0.05, 0.1) is 0 Å². The first-order chi connectivity index (χ1) is 15.3. The van der Waals surface area contributed by atoms with E-state index in [1.165, 1.54) is 65.5 Å². The van der Waals surface area contributed by atoms with Gasteiger partial charge in [0.2, 0.25) is 0 Å². The van der Waals surface area contributed by atoms with Crippen molar-refractivity contribution in [2.24, 2.45) is 0 Å². The third-order valence-corrected chi connectivity index (χ3v) is 6.26. The number of allylic oxidation sites excluding steroid dienone is 11. The molecule has 2 bridgehead atoms. The first-order valence-corrected chi connectivity index (χ1v) is 12.6.